The largest absolute Gasteiger partial charge is 0.495 e. The molecule has 10 heteroatoms. The van der Waals surface area contributed by atoms with Crippen molar-refractivity contribution in [1.82, 2.24) is 4.72 Å². The second-order valence-electron chi connectivity index (χ2n) is 8.20. The number of carbonyl (C=O) groups excluding carboxylic acids is 1. The normalized spacial score (nSPS) is 12.0. The van der Waals surface area contributed by atoms with E-state index in [4.69, 9.17) is 32.7 Å². The quantitative estimate of drug-likeness (QED) is 0.232. The summed E-state index contributed by atoms with van der Waals surface area (Å²) < 4.78 is 40.1. The van der Waals surface area contributed by atoms with Gasteiger partial charge in [-0.05, 0) is 60.5 Å². The molecule has 0 heterocycles. The van der Waals surface area contributed by atoms with Crippen LogP contribution in [0.25, 0.3) is 0 Å². The van der Waals surface area contributed by atoms with Crippen molar-refractivity contribution in [3.05, 3.63) is 113 Å². The Labute approximate surface area is 231 Å². The third-order valence-electron chi connectivity index (χ3n) is 5.50. The van der Waals surface area contributed by atoms with Crippen molar-refractivity contribution in [2.75, 3.05) is 12.4 Å². The number of hydrogen-bond donors (Lipinski definition) is 2. The molecule has 0 fully saturated rings. The van der Waals surface area contributed by atoms with Gasteiger partial charge in [-0.25, -0.2) is 8.42 Å². The van der Waals surface area contributed by atoms with Crippen molar-refractivity contribution in [1.29, 1.82) is 0 Å². The first-order valence-corrected chi connectivity index (χ1v) is 13.7. The molecule has 0 aliphatic carbocycles. The van der Waals surface area contributed by atoms with Crippen LogP contribution in [0.3, 0.4) is 0 Å². The summed E-state index contributed by atoms with van der Waals surface area (Å²) in [6, 6.07) is 25.8. The number of ether oxygens (including phenoxy) is 2. The number of hydrogen-bond acceptors (Lipinski definition) is 5. The van der Waals surface area contributed by atoms with Crippen molar-refractivity contribution in [2.24, 2.45) is 0 Å². The number of para-hydroxylation sites is 1. The van der Waals surface area contributed by atoms with Crippen LogP contribution in [0, 0.1) is 0 Å². The predicted octanol–water partition coefficient (Wildman–Crippen LogP) is 6.32. The molecule has 0 saturated heterocycles. The summed E-state index contributed by atoms with van der Waals surface area (Å²) in [5.74, 6) is 0.633. The molecular formula is C28H24Cl2N2O5S. The van der Waals surface area contributed by atoms with E-state index in [-0.39, 0.29) is 22.0 Å². The Morgan fingerprint density at radius 2 is 1.53 bits per heavy atom. The van der Waals surface area contributed by atoms with E-state index in [9.17, 15) is 13.2 Å². The minimum atomic E-state index is -4.14. The van der Waals surface area contributed by atoms with E-state index in [2.05, 4.69) is 10.0 Å². The van der Waals surface area contributed by atoms with E-state index in [0.717, 1.165) is 5.56 Å². The molecule has 0 bridgehead atoms. The van der Waals surface area contributed by atoms with Gasteiger partial charge in [0.25, 0.3) is 0 Å². The number of sulfonamides is 1. The fraction of sp³-hybridized carbons (Fsp3) is 0.107. The monoisotopic (exact) mass is 570 g/mol. The Morgan fingerprint density at radius 3 is 2.18 bits per heavy atom. The van der Waals surface area contributed by atoms with Gasteiger partial charge in [0.1, 0.15) is 17.5 Å². The summed E-state index contributed by atoms with van der Waals surface area (Å²) in [4.78, 5) is 13.4. The average Bonchev–Trinajstić information content (AvgIpc) is 2.91. The number of anilines is 1. The van der Waals surface area contributed by atoms with Gasteiger partial charge in [0.15, 0.2) is 5.75 Å². The lowest BCUT2D eigenvalue weighted by atomic mass is 10.1. The summed E-state index contributed by atoms with van der Waals surface area (Å²) in [6.45, 7) is 0. The Hall–Kier alpha value is -3.56. The van der Waals surface area contributed by atoms with E-state index in [1.807, 2.05) is 48.5 Å². The number of rotatable bonds is 10. The van der Waals surface area contributed by atoms with Crippen molar-refractivity contribution < 1.29 is 22.7 Å². The molecule has 0 unspecified atom stereocenters. The van der Waals surface area contributed by atoms with E-state index < -0.39 is 22.0 Å². The van der Waals surface area contributed by atoms with Gasteiger partial charge in [0, 0.05) is 5.02 Å². The molecule has 0 aliphatic rings. The molecule has 196 valence electrons. The lowest BCUT2D eigenvalue weighted by Gasteiger charge is -2.20. The number of carbonyl (C=O) groups is 1. The van der Waals surface area contributed by atoms with Crippen molar-refractivity contribution in [2.45, 2.75) is 17.4 Å². The number of halogens is 2. The molecule has 0 aromatic heterocycles. The first-order chi connectivity index (χ1) is 18.2. The van der Waals surface area contributed by atoms with Crippen LogP contribution in [0.4, 0.5) is 5.69 Å². The van der Waals surface area contributed by atoms with Crippen LogP contribution in [0.1, 0.15) is 5.56 Å². The Morgan fingerprint density at radius 1 is 0.868 bits per heavy atom. The number of methoxy groups -OCH3 is 1. The van der Waals surface area contributed by atoms with Gasteiger partial charge in [-0.2, -0.15) is 4.72 Å². The lowest BCUT2D eigenvalue weighted by molar-refractivity contribution is -0.117. The Balaban J connectivity index is 1.63. The molecule has 0 saturated carbocycles. The zero-order valence-electron chi connectivity index (χ0n) is 20.2. The highest BCUT2D eigenvalue weighted by molar-refractivity contribution is 7.89. The Kier molecular flexibility index (Phi) is 8.91. The second kappa shape index (κ2) is 12.3. The molecule has 2 N–H and O–H groups in total. The average molecular weight is 571 g/mol. The standard InChI is InChI=1S/C28H24Cl2N2O5S/c1-36-26-15-13-22(18-23(26)30)38(34,35)32-25(16-19-8-4-2-5-9-19)28(33)31-24-17-20(29)12-14-27(24)37-21-10-6-3-7-11-21/h2-15,17-18,25,32H,16H2,1H3,(H,31,33)/t25-/m0/s1. The molecule has 1 atom stereocenters. The summed E-state index contributed by atoms with van der Waals surface area (Å²) in [5, 5.41) is 3.27. The van der Waals surface area contributed by atoms with Gasteiger partial charge in [-0.15, -0.1) is 0 Å². The summed E-state index contributed by atoms with van der Waals surface area (Å²) in [5.41, 5.74) is 1.05. The van der Waals surface area contributed by atoms with Gasteiger partial charge in [0.2, 0.25) is 15.9 Å². The zero-order chi connectivity index (χ0) is 27.1. The smallest absolute Gasteiger partial charge is 0.243 e. The molecule has 4 rings (SSSR count). The SMILES string of the molecule is COc1ccc(S(=O)(=O)N[C@@H](Cc2ccccc2)C(=O)Nc2cc(Cl)ccc2Oc2ccccc2)cc1Cl. The molecule has 0 spiro atoms. The van der Waals surface area contributed by atoms with Gasteiger partial charge in [-0.3, -0.25) is 4.79 Å². The summed E-state index contributed by atoms with van der Waals surface area (Å²) in [7, 11) is -2.71. The maximum Gasteiger partial charge on any atom is 0.243 e. The van der Waals surface area contributed by atoms with Crippen molar-refractivity contribution in [3.8, 4) is 17.2 Å². The van der Waals surface area contributed by atoms with Gasteiger partial charge < -0.3 is 14.8 Å². The fourth-order valence-corrected chi connectivity index (χ4v) is 5.35. The molecule has 0 aliphatic heterocycles. The van der Waals surface area contributed by atoms with Crippen LogP contribution >= 0.6 is 23.2 Å². The number of benzene rings is 4. The fourth-order valence-electron chi connectivity index (χ4n) is 3.63. The number of amides is 1. The van der Waals surface area contributed by atoms with E-state index in [1.165, 1.54) is 31.4 Å². The third kappa shape index (κ3) is 7.05. The maximum absolute atomic E-state index is 13.5. The lowest BCUT2D eigenvalue weighted by Crippen LogP contribution is -2.45. The van der Waals surface area contributed by atoms with E-state index in [1.54, 1.807) is 24.3 Å². The first kappa shape index (κ1) is 27.5. The maximum atomic E-state index is 13.5. The summed E-state index contributed by atoms with van der Waals surface area (Å²) in [6.07, 6.45) is 0.0885. The highest BCUT2D eigenvalue weighted by Gasteiger charge is 2.27. The third-order valence-corrected chi connectivity index (χ3v) is 7.50. The van der Waals surface area contributed by atoms with Crippen LogP contribution in [0.15, 0.2) is 102 Å². The van der Waals surface area contributed by atoms with Gasteiger partial charge in [-0.1, -0.05) is 71.7 Å². The van der Waals surface area contributed by atoms with Crippen molar-refractivity contribution in [3.63, 3.8) is 0 Å². The molecule has 4 aromatic rings. The Bertz CT molecular complexity index is 1520. The van der Waals surface area contributed by atoms with Crippen LogP contribution < -0.4 is 19.5 Å². The van der Waals surface area contributed by atoms with E-state index >= 15 is 0 Å². The molecule has 38 heavy (non-hydrogen) atoms. The molecular weight excluding hydrogens is 547 g/mol. The molecule has 0 radical (unpaired) electrons. The topological polar surface area (TPSA) is 93.7 Å². The minimum absolute atomic E-state index is 0.0885. The molecule has 7 nitrogen and oxygen atoms in total. The van der Waals surface area contributed by atoms with E-state index in [0.29, 0.717) is 22.3 Å². The predicted molar refractivity (Wildman–Crippen MR) is 149 cm³/mol. The second-order valence-corrected chi connectivity index (χ2v) is 10.8. The zero-order valence-corrected chi connectivity index (χ0v) is 22.6. The van der Waals surface area contributed by atoms with Crippen LogP contribution in [-0.2, 0) is 21.2 Å². The van der Waals surface area contributed by atoms with Crippen LogP contribution in [-0.4, -0.2) is 27.5 Å². The minimum Gasteiger partial charge on any atom is -0.495 e. The van der Waals surface area contributed by atoms with Crippen molar-refractivity contribution >= 4 is 44.8 Å². The molecule has 1 amide bonds. The van der Waals surface area contributed by atoms with Crippen LogP contribution in [0.2, 0.25) is 10.0 Å². The number of nitrogens with one attached hydrogen (secondary N) is 2. The van der Waals surface area contributed by atoms with Gasteiger partial charge in [0.05, 0.1) is 22.7 Å². The van der Waals surface area contributed by atoms with Gasteiger partial charge >= 0.3 is 0 Å². The molecule has 4 aromatic carbocycles. The highest BCUT2D eigenvalue weighted by atomic mass is 35.5. The first-order valence-electron chi connectivity index (χ1n) is 11.5. The summed E-state index contributed by atoms with van der Waals surface area (Å²) >= 11 is 12.3. The van der Waals surface area contributed by atoms with Crippen LogP contribution in [0.5, 0.6) is 17.2 Å². The highest BCUT2D eigenvalue weighted by Crippen LogP contribution is 2.32.